The Kier molecular flexibility index (Phi) is 6.54. The molecule has 104 valence electrons. The van der Waals surface area contributed by atoms with Crippen LogP contribution in [0.15, 0.2) is 0 Å². The van der Waals surface area contributed by atoms with E-state index >= 15 is 0 Å². The van der Waals surface area contributed by atoms with Crippen molar-refractivity contribution in [1.29, 1.82) is 0 Å². The van der Waals surface area contributed by atoms with Gasteiger partial charge >= 0.3 is 12.0 Å². The Bertz CT molecular complexity index is 275. The Balaban J connectivity index is 2.09. The highest BCUT2D eigenvalue weighted by atomic mass is 16.4. The Morgan fingerprint density at radius 3 is 2.56 bits per heavy atom. The van der Waals surface area contributed by atoms with Crippen molar-refractivity contribution in [3.63, 3.8) is 0 Å². The van der Waals surface area contributed by atoms with Crippen molar-refractivity contribution in [2.75, 3.05) is 20.1 Å². The van der Waals surface area contributed by atoms with Crippen molar-refractivity contribution >= 4 is 12.0 Å². The van der Waals surface area contributed by atoms with E-state index in [1.807, 2.05) is 0 Å². The molecule has 1 fully saturated rings. The fourth-order valence-corrected chi connectivity index (χ4v) is 2.36. The molecule has 2 N–H and O–H groups in total. The molecule has 1 rings (SSSR count). The standard InChI is InChI=1S/C13H24N2O3/c1-15(10-8-12(16)17)13(18)14-9-7-11-5-3-2-4-6-11/h11H,2-10H2,1H3,(H,14,18)(H,16,17). The molecule has 0 spiro atoms. The molecule has 0 heterocycles. The van der Waals surface area contributed by atoms with Crippen LogP contribution in [0.25, 0.3) is 0 Å². The zero-order valence-electron chi connectivity index (χ0n) is 11.2. The number of hydrogen-bond acceptors (Lipinski definition) is 2. The van der Waals surface area contributed by atoms with Gasteiger partial charge in [-0.05, 0) is 12.3 Å². The van der Waals surface area contributed by atoms with Gasteiger partial charge in [-0.2, -0.15) is 0 Å². The molecular weight excluding hydrogens is 232 g/mol. The number of hydrogen-bond donors (Lipinski definition) is 2. The Morgan fingerprint density at radius 1 is 1.28 bits per heavy atom. The molecule has 0 radical (unpaired) electrons. The summed E-state index contributed by atoms with van der Waals surface area (Å²) in [5.41, 5.74) is 0. The van der Waals surface area contributed by atoms with Gasteiger partial charge in [0.1, 0.15) is 0 Å². The van der Waals surface area contributed by atoms with E-state index in [1.165, 1.54) is 37.0 Å². The molecule has 0 saturated heterocycles. The Hall–Kier alpha value is -1.26. The molecule has 1 aliphatic carbocycles. The molecule has 0 unspecified atom stereocenters. The fourth-order valence-electron chi connectivity index (χ4n) is 2.36. The molecule has 2 amide bonds. The molecule has 1 saturated carbocycles. The second kappa shape index (κ2) is 7.95. The number of aliphatic carboxylic acids is 1. The summed E-state index contributed by atoms with van der Waals surface area (Å²) < 4.78 is 0. The van der Waals surface area contributed by atoms with E-state index in [4.69, 9.17) is 5.11 Å². The third-order valence-corrected chi connectivity index (χ3v) is 3.56. The van der Waals surface area contributed by atoms with E-state index in [2.05, 4.69) is 5.32 Å². The highest BCUT2D eigenvalue weighted by molar-refractivity contribution is 5.74. The summed E-state index contributed by atoms with van der Waals surface area (Å²) in [5.74, 6) is -0.125. The van der Waals surface area contributed by atoms with E-state index in [0.717, 1.165) is 12.3 Å². The lowest BCUT2D eigenvalue weighted by molar-refractivity contribution is -0.137. The van der Waals surface area contributed by atoms with Crippen LogP contribution in [0.1, 0.15) is 44.9 Å². The summed E-state index contributed by atoms with van der Waals surface area (Å²) in [5, 5.41) is 11.4. The van der Waals surface area contributed by atoms with Gasteiger partial charge in [0, 0.05) is 20.1 Å². The summed E-state index contributed by atoms with van der Waals surface area (Å²) in [6, 6.07) is -0.174. The van der Waals surface area contributed by atoms with Crippen molar-refractivity contribution in [2.45, 2.75) is 44.9 Å². The first kappa shape index (κ1) is 14.8. The predicted molar refractivity (Wildman–Crippen MR) is 69.5 cm³/mol. The normalized spacial score (nSPS) is 16.3. The Morgan fingerprint density at radius 2 is 1.94 bits per heavy atom. The van der Waals surface area contributed by atoms with Crippen molar-refractivity contribution in [2.24, 2.45) is 5.92 Å². The molecule has 0 aromatic rings. The largest absolute Gasteiger partial charge is 0.481 e. The maximum atomic E-state index is 11.6. The number of nitrogens with zero attached hydrogens (tertiary/aromatic N) is 1. The minimum atomic E-state index is -0.878. The van der Waals surface area contributed by atoms with Crippen LogP contribution in [0.2, 0.25) is 0 Å². The lowest BCUT2D eigenvalue weighted by atomic mass is 9.87. The summed E-state index contributed by atoms with van der Waals surface area (Å²) in [6.45, 7) is 0.950. The fraction of sp³-hybridized carbons (Fsp3) is 0.846. The van der Waals surface area contributed by atoms with Gasteiger partial charge in [-0.3, -0.25) is 4.79 Å². The van der Waals surface area contributed by atoms with E-state index < -0.39 is 5.97 Å². The average molecular weight is 256 g/mol. The second-order valence-corrected chi connectivity index (χ2v) is 5.09. The van der Waals surface area contributed by atoms with Gasteiger partial charge in [0.2, 0.25) is 0 Å². The lowest BCUT2D eigenvalue weighted by Gasteiger charge is -2.22. The third-order valence-electron chi connectivity index (χ3n) is 3.56. The maximum absolute atomic E-state index is 11.6. The van der Waals surface area contributed by atoms with Crippen LogP contribution in [-0.2, 0) is 4.79 Å². The number of carbonyl (C=O) groups is 2. The molecule has 0 aliphatic heterocycles. The number of nitrogens with one attached hydrogen (secondary N) is 1. The molecule has 0 aromatic carbocycles. The van der Waals surface area contributed by atoms with Gasteiger partial charge in [0.25, 0.3) is 0 Å². The molecule has 5 heteroatoms. The predicted octanol–water partition coefficient (Wildman–Crippen LogP) is 2.07. The van der Waals surface area contributed by atoms with Crippen LogP contribution in [0.4, 0.5) is 4.79 Å². The number of rotatable bonds is 6. The molecule has 5 nitrogen and oxygen atoms in total. The zero-order chi connectivity index (χ0) is 13.4. The molecular formula is C13H24N2O3. The molecule has 18 heavy (non-hydrogen) atoms. The van der Waals surface area contributed by atoms with Crippen molar-refractivity contribution in [3.05, 3.63) is 0 Å². The number of carboxylic acids is 1. The SMILES string of the molecule is CN(CCC(=O)O)C(=O)NCCC1CCCCC1. The summed E-state index contributed by atoms with van der Waals surface area (Å²) in [4.78, 5) is 23.4. The smallest absolute Gasteiger partial charge is 0.317 e. The van der Waals surface area contributed by atoms with E-state index in [9.17, 15) is 9.59 Å². The van der Waals surface area contributed by atoms with Gasteiger partial charge in [0.15, 0.2) is 0 Å². The van der Waals surface area contributed by atoms with Crippen LogP contribution >= 0.6 is 0 Å². The molecule has 1 aliphatic rings. The average Bonchev–Trinajstić information content (AvgIpc) is 2.37. The molecule has 0 aromatic heterocycles. The minimum Gasteiger partial charge on any atom is -0.481 e. The number of carboxylic acid groups (broad SMARTS) is 1. The maximum Gasteiger partial charge on any atom is 0.317 e. The quantitative estimate of drug-likeness (QED) is 0.764. The highest BCUT2D eigenvalue weighted by Gasteiger charge is 2.14. The van der Waals surface area contributed by atoms with Gasteiger partial charge in [-0.1, -0.05) is 32.1 Å². The highest BCUT2D eigenvalue weighted by Crippen LogP contribution is 2.25. The van der Waals surface area contributed by atoms with Crippen LogP contribution in [0, 0.1) is 5.92 Å². The first-order valence-corrected chi connectivity index (χ1v) is 6.80. The molecule has 0 atom stereocenters. The van der Waals surface area contributed by atoms with E-state index in [0.29, 0.717) is 6.54 Å². The van der Waals surface area contributed by atoms with Crippen LogP contribution in [-0.4, -0.2) is 42.1 Å². The van der Waals surface area contributed by atoms with Crippen molar-refractivity contribution in [1.82, 2.24) is 10.2 Å². The topological polar surface area (TPSA) is 69.6 Å². The number of carbonyl (C=O) groups excluding carboxylic acids is 1. The number of amides is 2. The van der Waals surface area contributed by atoms with Crippen LogP contribution < -0.4 is 5.32 Å². The second-order valence-electron chi connectivity index (χ2n) is 5.09. The van der Waals surface area contributed by atoms with Crippen molar-refractivity contribution in [3.8, 4) is 0 Å². The monoisotopic (exact) mass is 256 g/mol. The van der Waals surface area contributed by atoms with E-state index in [-0.39, 0.29) is 19.0 Å². The Labute approximate surface area is 109 Å². The van der Waals surface area contributed by atoms with E-state index in [1.54, 1.807) is 7.05 Å². The summed E-state index contributed by atoms with van der Waals surface area (Å²) in [6.07, 6.45) is 7.58. The van der Waals surface area contributed by atoms with Gasteiger partial charge in [-0.25, -0.2) is 4.79 Å². The summed E-state index contributed by atoms with van der Waals surface area (Å²) >= 11 is 0. The summed E-state index contributed by atoms with van der Waals surface area (Å²) in [7, 11) is 1.62. The van der Waals surface area contributed by atoms with Gasteiger partial charge in [-0.15, -0.1) is 0 Å². The van der Waals surface area contributed by atoms with Crippen LogP contribution in [0.5, 0.6) is 0 Å². The minimum absolute atomic E-state index is 0.00740. The first-order valence-electron chi connectivity index (χ1n) is 6.80. The van der Waals surface area contributed by atoms with Gasteiger partial charge < -0.3 is 15.3 Å². The third kappa shape index (κ3) is 5.89. The van der Waals surface area contributed by atoms with Gasteiger partial charge in [0.05, 0.1) is 6.42 Å². The van der Waals surface area contributed by atoms with Crippen LogP contribution in [0.3, 0.4) is 0 Å². The first-order chi connectivity index (χ1) is 8.59. The van der Waals surface area contributed by atoms with Crippen molar-refractivity contribution < 1.29 is 14.7 Å². The lowest BCUT2D eigenvalue weighted by Crippen LogP contribution is -2.39. The molecule has 0 bridgehead atoms. The zero-order valence-corrected chi connectivity index (χ0v) is 11.2. The number of urea groups is 1.